The van der Waals surface area contributed by atoms with Gasteiger partial charge in [0.25, 0.3) is 10.0 Å². The molecule has 2 aromatic rings. The Balaban J connectivity index is 1.90. The van der Waals surface area contributed by atoms with Gasteiger partial charge in [-0.3, -0.25) is 14.5 Å². The Morgan fingerprint density at radius 2 is 2.04 bits per heavy atom. The molecular formula is C17H19N3O3S. The van der Waals surface area contributed by atoms with Gasteiger partial charge in [0.15, 0.2) is 0 Å². The van der Waals surface area contributed by atoms with Crippen LogP contribution in [-0.4, -0.2) is 25.9 Å². The highest BCUT2D eigenvalue weighted by Gasteiger charge is 2.22. The zero-order valence-corrected chi connectivity index (χ0v) is 14.2. The molecule has 6 nitrogen and oxygen atoms in total. The van der Waals surface area contributed by atoms with Crippen molar-refractivity contribution in [1.82, 2.24) is 4.98 Å². The van der Waals surface area contributed by atoms with Crippen LogP contribution in [0.3, 0.4) is 0 Å². The lowest BCUT2D eigenvalue weighted by Gasteiger charge is -2.28. The van der Waals surface area contributed by atoms with Gasteiger partial charge in [0, 0.05) is 31.0 Å². The second kappa shape index (κ2) is 6.60. The lowest BCUT2D eigenvalue weighted by molar-refractivity contribution is -0.119. The lowest BCUT2D eigenvalue weighted by atomic mass is 10.1. The standard InChI is InChI=1S/C17H19N3O3S/c1-13-7-8-14(11-16(13)20-10-3-2-6-17(20)21)19-24(22,23)15-5-4-9-18-12-15/h4-5,7-9,11-12,19H,2-3,6,10H2,1H3. The third-order valence-electron chi connectivity index (χ3n) is 4.02. The molecule has 0 spiro atoms. The first-order chi connectivity index (χ1) is 11.5. The number of aromatic nitrogens is 1. The molecule has 126 valence electrons. The molecule has 1 fully saturated rings. The van der Waals surface area contributed by atoms with Crippen molar-refractivity contribution in [2.45, 2.75) is 31.1 Å². The van der Waals surface area contributed by atoms with Crippen LogP contribution < -0.4 is 9.62 Å². The molecule has 1 N–H and O–H groups in total. The second-order valence-electron chi connectivity index (χ2n) is 5.80. The molecule has 1 saturated heterocycles. The number of benzene rings is 1. The van der Waals surface area contributed by atoms with Crippen molar-refractivity contribution in [1.29, 1.82) is 0 Å². The number of hydrogen-bond donors (Lipinski definition) is 1. The van der Waals surface area contributed by atoms with Gasteiger partial charge in [-0.05, 0) is 49.6 Å². The van der Waals surface area contributed by atoms with E-state index in [2.05, 4.69) is 9.71 Å². The molecule has 1 aromatic carbocycles. The van der Waals surface area contributed by atoms with Crippen LogP contribution in [0.2, 0.25) is 0 Å². The van der Waals surface area contributed by atoms with Crippen LogP contribution in [0, 0.1) is 6.92 Å². The number of amides is 1. The number of carbonyl (C=O) groups is 1. The lowest BCUT2D eigenvalue weighted by Crippen LogP contribution is -2.35. The molecule has 1 aliphatic rings. The van der Waals surface area contributed by atoms with E-state index in [1.165, 1.54) is 18.5 Å². The summed E-state index contributed by atoms with van der Waals surface area (Å²) in [7, 11) is -3.70. The summed E-state index contributed by atoms with van der Waals surface area (Å²) >= 11 is 0. The van der Waals surface area contributed by atoms with E-state index in [1.54, 1.807) is 23.1 Å². The van der Waals surface area contributed by atoms with E-state index in [0.717, 1.165) is 24.1 Å². The predicted octanol–water partition coefficient (Wildman–Crippen LogP) is 2.71. The van der Waals surface area contributed by atoms with Gasteiger partial charge < -0.3 is 4.90 Å². The number of nitrogens with zero attached hydrogens (tertiary/aromatic N) is 2. The minimum absolute atomic E-state index is 0.0802. The van der Waals surface area contributed by atoms with E-state index in [9.17, 15) is 13.2 Å². The number of pyridine rings is 1. The number of nitrogens with one attached hydrogen (secondary N) is 1. The van der Waals surface area contributed by atoms with Gasteiger partial charge in [0.05, 0.1) is 5.69 Å². The fourth-order valence-corrected chi connectivity index (χ4v) is 3.76. The number of carbonyl (C=O) groups excluding carboxylic acids is 1. The van der Waals surface area contributed by atoms with Gasteiger partial charge in [-0.1, -0.05) is 6.07 Å². The van der Waals surface area contributed by atoms with E-state index in [4.69, 9.17) is 0 Å². The van der Waals surface area contributed by atoms with Crippen molar-refractivity contribution in [3.05, 3.63) is 48.3 Å². The first-order valence-corrected chi connectivity index (χ1v) is 9.29. The highest BCUT2D eigenvalue weighted by molar-refractivity contribution is 7.92. The monoisotopic (exact) mass is 345 g/mol. The molecule has 0 aliphatic carbocycles. The van der Waals surface area contributed by atoms with E-state index in [0.29, 0.717) is 18.7 Å². The van der Waals surface area contributed by atoms with Crippen LogP contribution >= 0.6 is 0 Å². The van der Waals surface area contributed by atoms with E-state index in [-0.39, 0.29) is 10.8 Å². The van der Waals surface area contributed by atoms with Crippen LogP contribution in [0.1, 0.15) is 24.8 Å². The summed E-state index contributed by atoms with van der Waals surface area (Å²) in [4.78, 5) is 17.8. The Bertz CT molecular complexity index is 851. The minimum atomic E-state index is -3.70. The van der Waals surface area contributed by atoms with Crippen molar-refractivity contribution < 1.29 is 13.2 Å². The summed E-state index contributed by atoms with van der Waals surface area (Å²) in [6.07, 6.45) is 5.21. The Morgan fingerprint density at radius 3 is 2.75 bits per heavy atom. The molecular weight excluding hydrogens is 326 g/mol. The van der Waals surface area contributed by atoms with Crippen molar-refractivity contribution in [3.8, 4) is 0 Å². The van der Waals surface area contributed by atoms with E-state index >= 15 is 0 Å². The molecule has 2 heterocycles. The maximum absolute atomic E-state index is 12.4. The molecule has 24 heavy (non-hydrogen) atoms. The van der Waals surface area contributed by atoms with Crippen LogP contribution in [0.25, 0.3) is 0 Å². The molecule has 0 bridgehead atoms. The largest absolute Gasteiger partial charge is 0.312 e. The van der Waals surface area contributed by atoms with Gasteiger partial charge in [0.1, 0.15) is 4.90 Å². The SMILES string of the molecule is Cc1ccc(NS(=O)(=O)c2cccnc2)cc1N1CCCCC1=O. The van der Waals surface area contributed by atoms with Gasteiger partial charge in [-0.15, -0.1) is 0 Å². The molecule has 1 aromatic heterocycles. The molecule has 0 saturated carbocycles. The summed E-state index contributed by atoms with van der Waals surface area (Å²) in [5.74, 6) is 0.0802. The highest BCUT2D eigenvalue weighted by Crippen LogP contribution is 2.28. The van der Waals surface area contributed by atoms with Crippen LogP contribution in [0.4, 0.5) is 11.4 Å². The number of aryl methyl sites for hydroxylation is 1. The summed E-state index contributed by atoms with van der Waals surface area (Å²) in [5, 5.41) is 0. The van der Waals surface area contributed by atoms with Crippen molar-refractivity contribution in [2.24, 2.45) is 0 Å². The van der Waals surface area contributed by atoms with E-state index < -0.39 is 10.0 Å². The normalized spacial score (nSPS) is 15.4. The molecule has 1 amide bonds. The molecule has 0 unspecified atom stereocenters. The zero-order chi connectivity index (χ0) is 17.2. The number of rotatable bonds is 4. The number of hydrogen-bond acceptors (Lipinski definition) is 4. The van der Waals surface area contributed by atoms with Crippen molar-refractivity contribution in [2.75, 3.05) is 16.2 Å². The number of anilines is 2. The molecule has 0 atom stereocenters. The summed E-state index contributed by atoms with van der Waals surface area (Å²) in [5.41, 5.74) is 2.12. The van der Waals surface area contributed by atoms with Gasteiger partial charge in [-0.25, -0.2) is 8.42 Å². The first-order valence-electron chi connectivity index (χ1n) is 7.81. The fraction of sp³-hybridized carbons (Fsp3) is 0.294. The Labute approximate surface area is 141 Å². The Kier molecular flexibility index (Phi) is 4.53. The summed E-state index contributed by atoms with van der Waals surface area (Å²) in [6.45, 7) is 2.58. The quantitative estimate of drug-likeness (QED) is 0.924. The number of sulfonamides is 1. The topological polar surface area (TPSA) is 79.4 Å². The third-order valence-corrected chi connectivity index (χ3v) is 5.39. The Morgan fingerprint density at radius 1 is 1.21 bits per heavy atom. The zero-order valence-electron chi connectivity index (χ0n) is 13.4. The average molecular weight is 345 g/mol. The highest BCUT2D eigenvalue weighted by atomic mass is 32.2. The van der Waals surface area contributed by atoms with E-state index in [1.807, 2.05) is 13.0 Å². The second-order valence-corrected chi connectivity index (χ2v) is 7.48. The maximum atomic E-state index is 12.4. The average Bonchev–Trinajstić information content (AvgIpc) is 2.58. The van der Waals surface area contributed by atoms with Gasteiger partial charge in [0.2, 0.25) is 5.91 Å². The first kappa shape index (κ1) is 16.4. The van der Waals surface area contributed by atoms with Crippen molar-refractivity contribution >= 4 is 27.3 Å². The fourth-order valence-electron chi connectivity index (χ4n) is 2.74. The predicted molar refractivity (Wildman–Crippen MR) is 92.4 cm³/mol. The van der Waals surface area contributed by atoms with Gasteiger partial charge in [-0.2, -0.15) is 0 Å². The maximum Gasteiger partial charge on any atom is 0.263 e. The number of piperidine rings is 1. The van der Waals surface area contributed by atoms with Crippen LogP contribution in [-0.2, 0) is 14.8 Å². The summed E-state index contributed by atoms with van der Waals surface area (Å²) in [6, 6.07) is 8.28. The third kappa shape index (κ3) is 3.41. The minimum Gasteiger partial charge on any atom is -0.312 e. The molecule has 7 heteroatoms. The molecule has 0 radical (unpaired) electrons. The van der Waals surface area contributed by atoms with Gasteiger partial charge >= 0.3 is 0 Å². The molecule has 1 aliphatic heterocycles. The van der Waals surface area contributed by atoms with Crippen LogP contribution in [0.15, 0.2) is 47.6 Å². The van der Waals surface area contributed by atoms with Crippen LogP contribution in [0.5, 0.6) is 0 Å². The molecule has 3 rings (SSSR count). The summed E-state index contributed by atoms with van der Waals surface area (Å²) < 4.78 is 27.4. The smallest absolute Gasteiger partial charge is 0.263 e. The Hall–Kier alpha value is -2.41. The van der Waals surface area contributed by atoms with Crippen molar-refractivity contribution in [3.63, 3.8) is 0 Å².